The van der Waals surface area contributed by atoms with Crippen molar-refractivity contribution in [2.45, 2.75) is 415 Å². The van der Waals surface area contributed by atoms with E-state index in [4.69, 9.17) is 18.9 Å². The van der Waals surface area contributed by atoms with Crippen molar-refractivity contribution in [3.8, 4) is 0 Å². The largest absolute Gasteiger partial charge is 0.394 e. The molecule has 2 heterocycles. The van der Waals surface area contributed by atoms with Crippen molar-refractivity contribution in [2.75, 3.05) is 19.8 Å². The van der Waals surface area contributed by atoms with Gasteiger partial charge in [0.1, 0.15) is 48.8 Å². The fourth-order valence-corrected chi connectivity index (χ4v) is 12.6. The van der Waals surface area contributed by atoms with Crippen molar-refractivity contribution in [3.05, 3.63) is 36.5 Å². The van der Waals surface area contributed by atoms with Gasteiger partial charge in [0.2, 0.25) is 5.91 Å². The summed E-state index contributed by atoms with van der Waals surface area (Å²) in [6.45, 7) is 2.82. The monoisotopic (exact) mass is 1260 g/mol. The van der Waals surface area contributed by atoms with E-state index >= 15 is 0 Å². The smallest absolute Gasteiger partial charge is 0.220 e. The number of unbranched alkanes of at least 4 members (excludes halogenated alkanes) is 46. The van der Waals surface area contributed by atoms with Crippen LogP contribution >= 0.6 is 0 Å². The lowest BCUT2D eigenvalue weighted by Gasteiger charge is -2.46. The Morgan fingerprint density at radius 2 is 0.742 bits per heavy atom. The molecule has 0 aromatic heterocycles. The Bertz CT molecular complexity index is 1630. The number of ether oxygens (including phenoxy) is 4. The molecule has 2 saturated heterocycles. The number of nitrogens with one attached hydrogen (secondary N) is 1. The summed E-state index contributed by atoms with van der Waals surface area (Å²) in [7, 11) is 0. The molecule has 0 aromatic carbocycles. The molecule has 0 radical (unpaired) electrons. The van der Waals surface area contributed by atoms with Crippen LogP contribution in [0.5, 0.6) is 0 Å². The van der Waals surface area contributed by atoms with Gasteiger partial charge < -0.3 is 65.1 Å². The molecule has 14 heteroatoms. The standard InChI is InChI=1S/C75H141NO13/c1-3-5-7-9-11-13-15-17-19-20-21-22-23-24-25-26-27-28-29-30-31-32-33-34-35-36-37-38-39-40-41-42-43-44-45-47-49-51-53-55-57-59-67(80)76-63(64(79)58-56-54-52-50-48-46-18-16-14-12-10-8-6-4-2)62-86-74-72(85)70(83)73(66(61-78)88-74)89-75-71(84)69(82)68(81)65(60-77)87-75/h15,17,20-21,56,58,63-66,68-75,77-79,81-85H,3-14,16,18-19,22-55,57,59-62H2,1-2H3,(H,76,80)/b17-15-,21-20-,58-56+. The summed E-state index contributed by atoms with van der Waals surface area (Å²) >= 11 is 0. The summed E-state index contributed by atoms with van der Waals surface area (Å²) in [4.78, 5) is 13.3. The average molecular weight is 1260 g/mol. The fourth-order valence-electron chi connectivity index (χ4n) is 12.6. The lowest BCUT2D eigenvalue weighted by Crippen LogP contribution is -2.65. The zero-order chi connectivity index (χ0) is 64.5. The molecule has 89 heavy (non-hydrogen) atoms. The number of aliphatic hydroxyl groups excluding tert-OH is 8. The van der Waals surface area contributed by atoms with Gasteiger partial charge >= 0.3 is 0 Å². The fraction of sp³-hybridized carbons (Fsp3) is 0.907. The summed E-state index contributed by atoms with van der Waals surface area (Å²) in [6, 6.07) is -0.912. The predicted molar refractivity (Wildman–Crippen MR) is 365 cm³/mol. The molecule has 0 aromatic rings. The molecule has 2 rings (SSSR count). The minimum atomic E-state index is -1.79. The molecule has 0 aliphatic carbocycles. The van der Waals surface area contributed by atoms with Gasteiger partial charge in [0.15, 0.2) is 12.6 Å². The maximum Gasteiger partial charge on any atom is 0.220 e. The molecule has 12 unspecified atom stereocenters. The van der Waals surface area contributed by atoms with E-state index in [0.717, 1.165) is 44.9 Å². The third kappa shape index (κ3) is 43.7. The topological polar surface area (TPSA) is 228 Å². The molecule has 1 amide bonds. The second-order valence-corrected chi connectivity index (χ2v) is 26.8. The predicted octanol–water partition coefficient (Wildman–Crippen LogP) is 16.1. The number of rotatable bonds is 63. The summed E-state index contributed by atoms with van der Waals surface area (Å²) in [5.41, 5.74) is 0. The average Bonchev–Trinajstić information content (AvgIpc) is 2.74. The summed E-state index contributed by atoms with van der Waals surface area (Å²) in [5.74, 6) is -0.233. The molecule has 0 bridgehead atoms. The second kappa shape index (κ2) is 59.9. The maximum absolute atomic E-state index is 13.3. The lowest BCUT2D eigenvalue weighted by atomic mass is 9.97. The minimum Gasteiger partial charge on any atom is -0.394 e. The van der Waals surface area contributed by atoms with E-state index in [0.29, 0.717) is 6.42 Å². The highest BCUT2D eigenvalue weighted by molar-refractivity contribution is 5.76. The molecule has 0 saturated carbocycles. The van der Waals surface area contributed by atoms with Gasteiger partial charge in [-0.05, 0) is 51.4 Å². The van der Waals surface area contributed by atoms with Crippen LogP contribution < -0.4 is 5.32 Å². The van der Waals surface area contributed by atoms with Gasteiger partial charge in [0, 0.05) is 6.42 Å². The van der Waals surface area contributed by atoms with Gasteiger partial charge in [0.05, 0.1) is 32.0 Å². The van der Waals surface area contributed by atoms with Crippen LogP contribution in [-0.2, 0) is 23.7 Å². The number of aliphatic hydroxyl groups is 8. The molecule has 2 fully saturated rings. The molecule has 524 valence electrons. The molecule has 9 N–H and O–H groups in total. The van der Waals surface area contributed by atoms with E-state index in [-0.39, 0.29) is 18.9 Å². The van der Waals surface area contributed by atoms with Crippen LogP contribution in [-0.4, -0.2) is 140 Å². The summed E-state index contributed by atoms with van der Waals surface area (Å²) in [5, 5.41) is 87.3. The van der Waals surface area contributed by atoms with Crippen molar-refractivity contribution >= 4 is 5.91 Å². The van der Waals surface area contributed by atoms with E-state index in [9.17, 15) is 45.6 Å². The van der Waals surface area contributed by atoms with Gasteiger partial charge in [-0.25, -0.2) is 0 Å². The van der Waals surface area contributed by atoms with Gasteiger partial charge in [0.25, 0.3) is 0 Å². The van der Waals surface area contributed by atoms with Crippen LogP contribution in [0.25, 0.3) is 0 Å². The molecule has 0 spiro atoms. The number of hydrogen-bond acceptors (Lipinski definition) is 13. The Balaban J connectivity index is 1.52. The summed E-state index contributed by atoms with van der Waals surface area (Å²) in [6.07, 6.45) is 61.0. The Hall–Kier alpha value is -1.79. The van der Waals surface area contributed by atoms with E-state index in [2.05, 4.69) is 43.5 Å². The van der Waals surface area contributed by atoms with Crippen molar-refractivity contribution < 1.29 is 64.6 Å². The Morgan fingerprint density at radius 3 is 1.12 bits per heavy atom. The van der Waals surface area contributed by atoms with Crippen molar-refractivity contribution in [3.63, 3.8) is 0 Å². The van der Waals surface area contributed by atoms with Crippen molar-refractivity contribution in [1.82, 2.24) is 5.32 Å². The minimum absolute atomic E-state index is 0.233. The molecule has 2 aliphatic heterocycles. The van der Waals surface area contributed by atoms with Crippen LogP contribution in [0, 0.1) is 0 Å². The van der Waals surface area contributed by atoms with Crippen molar-refractivity contribution in [2.24, 2.45) is 0 Å². The number of carbonyl (C=O) groups excluding carboxylic acids is 1. The van der Waals surface area contributed by atoms with Gasteiger partial charge in [-0.1, -0.05) is 320 Å². The highest BCUT2D eigenvalue weighted by Gasteiger charge is 2.51. The first-order valence-corrected chi connectivity index (χ1v) is 37.7. The SMILES string of the molecule is CCCCCCC/C=C\C/C=C\CCCCCCCCCCCCCCCCCCCCCCCCCCCCCCCC(=O)NC(COC1OC(CO)C(OC2OC(CO)C(O)C(O)C2O)C(O)C1O)C(O)/C=C/CCCCCCCCCCCCCC. The normalized spacial score (nSPS) is 23.2. The third-order valence-electron chi connectivity index (χ3n) is 18.6. The van der Waals surface area contributed by atoms with Crippen LogP contribution in [0.1, 0.15) is 341 Å². The zero-order valence-electron chi connectivity index (χ0n) is 57.2. The Morgan fingerprint density at radius 1 is 0.404 bits per heavy atom. The highest BCUT2D eigenvalue weighted by Crippen LogP contribution is 2.30. The number of amides is 1. The van der Waals surface area contributed by atoms with Crippen LogP contribution in [0.3, 0.4) is 0 Å². The maximum atomic E-state index is 13.3. The highest BCUT2D eigenvalue weighted by atomic mass is 16.7. The first-order valence-electron chi connectivity index (χ1n) is 37.7. The van der Waals surface area contributed by atoms with Gasteiger partial charge in [-0.2, -0.15) is 0 Å². The molecular weight excluding hydrogens is 1120 g/mol. The van der Waals surface area contributed by atoms with Crippen LogP contribution in [0.4, 0.5) is 0 Å². The third-order valence-corrected chi connectivity index (χ3v) is 18.6. The van der Waals surface area contributed by atoms with E-state index in [1.165, 1.54) is 270 Å². The second-order valence-electron chi connectivity index (χ2n) is 26.8. The van der Waals surface area contributed by atoms with E-state index < -0.39 is 86.8 Å². The number of allylic oxidation sites excluding steroid dienone is 5. The van der Waals surface area contributed by atoms with Gasteiger partial charge in [-0.3, -0.25) is 4.79 Å². The number of carbonyl (C=O) groups is 1. The molecule has 14 nitrogen and oxygen atoms in total. The Kier molecular flexibility index (Phi) is 56.1. The first kappa shape index (κ1) is 83.3. The van der Waals surface area contributed by atoms with Gasteiger partial charge in [-0.15, -0.1) is 0 Å². The summed E-state index contributed by atoms with van der Waals surface area (Å²) < 4.78 is 22.8. The first-order chi connectivity index (χ1) is 43.6. The number of hydrogen-bond donors (Lipinski definition) is 9. The lowest BCUT2D eigenvalue weighted by molar-refractivity contribution is -0.359. The van der Waals surface area contributed by atoms with Crippen LogP contribution in [0.15, 0.2) is 36.5 Å². The van der Waals surface area contributed by atoms with E-state index in [1.807, 2.05) is 6.08 Å². The Labute approximate surface area is 544 Å². The molecular formula is C75H141NO13. The van der Waals surface area contributed by atoms with E-state index in [1.54, 1.807) is 6.08 Å². The quantitative estimate of drug-likeness (QED) is 0.0204. The molecule has 12 atom stereocenters. The molecule has 2 aliphatic rings. The zero-order valence-corrected chi connectivity index (χ0v) is 57.2. The van der Waals surface area contributed by atoms with Crippen LogP contribution in [0.2, 0.25) is 0 Å². The van der Waals surface area contributed by atoms with Crippen molar-refractivity contribution in [1.29, 1.82) is 0 Å².